The van der Waals surface area contributed by atoms with Crippen LogP contribution in [0.1, 0.15) is 10.4 Å². The molecular formula is C31H36F2N8O4S. The van der Waals surface area contributed by atoms with Crippen LogP contribution in [0.5, 0.6) is 5.75 Å². The van der Waals surface area contributed by atoms with Crippen LogP contribution in [0.2, 0.25) is 0 Å². The van der Waals surface area contributed by atoms with Gasteiger partial charge in [-0.2, -0.15) is 19.0 Å². The number of morpholine rings is 1. The van der Waals surface area contributed by atoms with Gasteiger partial charge in [0.2, 0.25) is 5.91 Å². The number of halogens is 2. The number of fused-ring (bicyclic) bond motifs is 1. The van der Waals surface area contributed by atoms with Gasteiger partial charge >= 0.3 is 6.61 Å². The maximum absolute atomic E-state index is 13.5. The molecule has 0 bridgehead atoms. The van der Waals surface area contributed by atoms with Crippen molar-refractivity contribution < 1.29 is 27.8 Å². The minimum absolute atomic E-state index is 0.0827. The third-order valence-electron chi connectivity index (χ3n) is 8.20. The molecule has 244 valence electrons. The average Bonchev–Trinajstić information content (AvgIpc) is 3.68. The second-order valence-electron chi connectivity index (χ2n) is 11.0. The van der Waals surface area contributed by atoms with Gasteiger partial charge in [-0.3, -0.25) is 24.1 Å². The molecular weight excluding hydrogens is 618 g/mol. The molecule has 2 saturated heterocycles. The molecule has 1 N–H and O–H groups in total. The van der Waals surface area contributed by atoms with Crippen molar-refractivity contribution >= 4 is 34.8 Å². The Bertz CT molecular complexity index is 1670. The van der Waals surface area contributed by atoms with E-state index in [1.165, 1.54) is 28.7 Å². The standard InChI is InChI=1S/C31H36F2N8O4S/c1-46-22-5-6-27(45-31(32)33)23(18-22)29-25(35-30(43)24-19-34-41-7-3-2-4-26(24)41)20-40(36-29)21-28(42)39-12-10-37(11-13-39)8-9-38-14-16-44-17-15-38/h2-7,18-20,31H,8-17,21H2,1H3,(H,35,43). The molecule has 3 aromatic heterocycles. The van der Waals surface area contributed by atoms with Gasteiger partial charge in [0.1, 0.15) is 18.0 Å². The molecule has 12 nitrogen and oxygen atoms in total. The summed E-state index contributed by atoms with van der Waals surface area (Å²) in [7, 11) is 0. The lowest BCUT2D eigenvalue weighted by atomic mass is 10.1. The number of nitrogens with zero attached hydrogens (tertiary/aromatic N) is 7. The van der Waals surface area contributed by atoms with E-state index in [0.29, 0.717) is 24.2 Å². The zero-order chi connectivity index (χ0) is 32.0. The zero-order valence-corrected chi connectivity index (χ0v) is 26.3. The molecule has 2 aliphatic heterocycles. The average molecular weight is 655 g/mol. The number of rotatable bonds is 11. The van der Waals surface area contributed by atoms with E-state index in [4.69, 9.17) is 9.47 Å². The maximum Gasteiger partial charge on any atom is 0.387 e. The first-order chi connectivity index (χ1) is 22.4. The first kappa shape index (κ1) is 31.9. The molecule has 2 aliphatic rings. The summed E-state index contributed by atoms with van der Waals surface area (Å²) in [5.41, 5.74) is 1.64. The van der Waals surface area contributed by atoms with E-state index in [1.54, 1.807) is 47.2 Å². The summed E-state index contributed by atoms with van der Waals surface area (Å²) < 4.78 is 40.1. The molecule has 4 aromatic rings. The third kappa shape index (κ3) is 7.49. The van der Waals surface area contributed by atoms with Crippen LogP contribution in [0.3, 0.4) is 0 Å². The second-order valence-corrected chi connectivity index (χ2v) is 11.9. The van der Waals surface area contributed by atoms with E-state index in [1.807, 2.05) is 11.2 Å². The van der Waals surface area contributed by atoms with Crippen LogP contribution < -0.4 is 10.1 Å². The van der Waals surface area contributed by atoms with Gasteiger partial charge < -0.3 is 19.7 Å². The highest BCUT2D eigenvalue weighted by Crippen LogP contribution is 2.38. The first-order valence-electron chi connectivity index (χ1n) is 15.1. The van der Waals surface area contributed by atoms with Gasteiger partial charge in [0, 0.05) is 75.2 Å². The number of thioether (sulfide) groups is 1. The number of carbonyl (C=O) groups excluding carboxylic acids is 2. The highest BCUT2D eigenvalue weighted by atomic mass is 32.2. The molecule has 0 aliphatic carbocycles. The Labute approximate surface area is 269 Å². The number of ether oxygens (including phenoxy) is 2. The molecule has 2 amide bonds. The van der Waals surface area contributed by atoms with E-state index < -0.39 is 12.5 Å². The van der Waals surface area contributed by atoms with Crippen LogP contribution in [0.4, 0.5) is 14.5 Å². The summed E-state index contributed by atoms with van der Waals surface area (Å²) >= 11 is 1.42. The Balaban J connectivity index is 1.20. The Morgan fingerprint density at radius 1 is 1.04 bits per heavy atom. The number of carbonyl (C=O) groups is 2. The summed E-state index contributed by atoms with van der Waals surface area (Å²) in [5.74, 6) is -0.674. The van der Waals surface area contributed by atoms with Crippen molar-refractivity contribution in [3.05, 3.63) is 60.6 Å². The monoisotopic (exact) mass is 654 g/mol. The number of hydrogen-bond donors (Lipinski definition) is 1. The number of alkyl halides is 2. The SMILES string of the molecule is CSc1ccc(OC(F)F)c(-c2nn(CC(=O)N3CCN(CCN4CCOCC4)CC3)cc2NC(=O)c2cnn3ccccc23)c1. The molecule has 46 heavy (non-hydrogen) atoms. The second kappa shape index (κ2) is 14.6. The number of pyridine rings is 1. The quantitative estimate of drug-likeness (QED) is 0.244. The van der Waals surface area contributed by atoms with Crippen LogP contribution in [0.15, 0.2) is 59.9 Å². The number of benzene rings is 1. The summed E-state index contributed by atoms with van der Waals surface area (Å²) in [6, 6.07) is 10.2. The Hall–Kier alpha value is -4.05. The Morgan fingerprint density at radius 3 is 2.54 bits per heavy atom. The smallest absolute Gasteiger partial charge is 0.387 e. The number of nitrogens with one attached hydrogen (secondary N) is 1. The van der Waals surface area contributed by atoms with Crippen LogP contribution in [-0.2, 0) is 16.1 Å². The highest BCUT2D eigenvalue weighted by Gasteiger charge is 2.25. The number of amides is 2. The van der Waals surface area contributed by atoms with Crippen LogP contribution in [0.25, 0.3) is 16.8 Å². The molecule has 1 aromatic carbocycles. The number of anilines is 1. The van der Waals surface area contributed by atoms with Crippen molar-refractivity contribution in [1.82, 2.24) is 34.1 Å². The van der Waals surface area contributed by atoms with E-state index in [0.717, 1.165) is 57.4 Å². The molecule has 0 saturated carbocycles. The topological polar surface area (TPSA) is 109 Å². The molecule has 0 radical (unpaired) electrons. The lowest BCUT2D eigenvalue weighted by Gasteiger charge is -2.36. The molecule has 6 rings (SSSR count). The molecule has 0 atom stereocenters. The van der Waals surface area contributed by atoms with E-state index in [9.17, 15) is 18.4 Å². The number of aromatic nitrogens is 4. The van der Waals surface area contributed by atoms with E-state index in [-0.39, 0.29) is 35.1 Å². The largest absolute Gasteiger partial charge is 0.434 e. The van der Waals surface area contributed by atoms with E-state index in [2.05, 4.69) is 25.3 Å². The van der Waals surface area contributed by atoms with Gasteiger partial charge in [0.05, 0.1) is 36.2 Å². The summed E-state index contributed by atoms with van der Waals surface area (Å²) in [6.07, 6.45) is 6.60. The molecule has 0 spiro atoms. The fourth-order valence-electron chi connectivity index (χ4n) is 5.68. The predicted molar refractivity (Wildman–Crippen MR) is 170 cm³/mol. The molecule has 15 heteroatoms. The normalized spacial score (nSPS) is 16.3. The first-order valence-corrected chi connectivity index (χ1v) is 16.3. The van der Waals surface area contributed by atoms with Crippen molar-refractivity contribution in [3.8, 4) is 17.0 Å². The van der Waals surface area contributed by atoms with Crippen LogP contribution >= 0.6 is 11.8 Å². The molecule has 0 unspecified atom stereocenters. The van der Waals surface area contributed by atoms with Crippen molar-refractivity contribution in [3.63, 3.8) is 0 Å². The van der Waals surface area contributed by atoms with Crippen molar-refractivity contribution in [2.24, 2.45) is 0 Å². The van der Waals surface area contributed by atoms with Gasteiger partial charge in [-0.15, -0.1) is 11.8 Å². The minimum Gasteiger partial charge on any atom is -0.434 e. The van der Waals surface area contributed by atoms with Crippen molar-refractivity contribution in [2.75, 3.05) is 77.1 Å². The van der Waals surface area contributed by atoms with E-state index >= 15 is 0 Å². The molecule has 5 heterocycles. The maximum atomic E-state index is 13.5. The highest BCUT2D eigenvalue weighted by molar-refractivity contribution is 7.98. The van der Waals surface area contributed by atoms with Gasteiger partial charge in [-0.25, -0.2) is 4.52 Å². The fourth-order valence-corrected chi connectivity index (χ4v) is 6.12. The third-order valence-corrected chi connectivity index (χ3v) is 8.92. The number of hydrogen-bond acceptors (Lipinski definition) is 9. The lowest BCUT2D eigenvalue weighted by Crippen LogP contribution is -2.51. The predicted octanol–water partition coefficient (Wildman–Crippen LogP) is 3.25. The minimum atomic E-state index is -3.06. The van der Waals surface area contributed by atoms with Gasteiger partial charge in [-0.05, 0) is 36.6 Å². The summed E-state index contributed by atoms with van der Waals surface area (Å²) in [4.78, 5) is 34.2. The lowest BCUT2D eigenvalue weighted by molar-refractivity contribution is -0.133. The summed E-state index contributed by atoms with van der Waals surface area (Å²) in [5, 5.41) is 11.7. The molecule has 2 fully saturated rings. The van der Waals surface area contributed by atoms with Gasteiger partial charge in [-0.1, -0.05) is 6.07 Å². The zero-order valence-electron chi connectivity index (χ0n) is 25.5. The Kier molecular flexibility index (Phi) is 10.1. The summed E-state index contributed by atoms with van der Waals surface area (Å²) in [6.45, 7) is 4.95. The van der Waals surface area contributed by atoms with Gasteiger partial charge in [0.25, 0.3) is 5.91 Å². The van der Waals surface area contributed by atoms with Crippen LogP contribution in [-0.4, -0.2) is 124 Å². The van der Waals surface area contributed by atoms with Crippen LogP contribution in [0, 0.1) is 0 Å². The fraction of sp³-hybridized carbons (Fsp3) is 0.419. The van der Waals surface area contributed by atoms with Crippen molar-refractivity contribution in [1.29, 1.82) is 0 Å². The van der Waals surface area contributed by atoms with Gasteiger partial charge in [0.15, 0.2) is 0 Å². The van der Waals surface area contributed by atoms with Crippen molar-refractivity contribution in [2.45, 2.75) is 18.1 Å². The number of piperazine rings is 1. The Morgan fingerprint density at radius 2 is 1.80 bits per heavy atom.